The highest BCUT2D eigenvalue weighted by Gasteiger charge is 2.20. The van der Waals surface area contributed by atoms with Gasteiger partial charge in [0.05, 0.1) is 17.0 Å². The van der Waals surface area contributed by atoms with Gasteiger partial charge in [0.25, 0.3) is 5.91 Å². The van der Waals surface area contributed by atoms with E-state index in [1.807, 2.05) is 0 Å². The van der Waals surface area contributed by atoms with Crippen LogP contribution >= 0.6 is 11.8 Å². The SMILES string of the molecule is Nn1c(Cc2ccc(F)cc2)nnc1SCC(=O)Nc1ccccc1C(=O)NC1CCCC1. The predicted molar refractivity (Wildman–Crippen MR) is 125 cm³/mol. The Morgan fingerprint density at radius 3 is 2.58 bits per heavy atom. The zero-order valence-electron chi connectivity index (χ0n) is 18.0. The Hall–Kier alpha value is -3.40. The van der Waals surface area contributed by atoms with Gasteiger partial charge in [-0.25, -0.2) is 9.07 Å². The molecule has 8 nitrogen and oxygen atoms in total. The van der Waals surface area contributed by atoms with E-state index in [2.05, 4.69) is 20.8 Å². The molecule has 1 heterocycles. The smallest absolute Gasteiger partial charge is 0.253 e. The lowest BCUT2D eigenvalue weighted by atomic mass is 10.1. The Bertz CT molecular complexity index is 1130. The number of hydrogen-bond donors (Lipinski definition) is 3. The molecule has 4 N–H and O–H groups in total. The highest BCUT2D eigenvalue weighted by atomic mass is 32.2. The van der Waals surface area contributed by atoms with Crippen LogP contribution in [0.25, 0.3) is 0 Å². The lowest BCUT2D eigenvalue weighted by molar-refractivity contribution is -0.113. The fourth-order valence-corrected chi connectivity index (χ4v) is 4.43. The third kappa shape index (κ3) is 5.89. The van der Waals surface area contributed by atoms with Crippen molar-refractivity contribution in [3.05, 3.63) is 71.3 Å². The average molecular weight is 469 g/mol. The summed E-state index contributed by atoms with van der Waals surface area (Å²) in [5, 5.41) is 14.3. The number of hydrogen-bond acceptors (Lipinski definition) is 6. The number of halogens is 1. The van der Waals surface area contributed by atoms with E-state index in [1.165, 1.54) is 16.8 Å². The molecule has 172 valence electrons. The van der Waals surface area contributed by atoms with Gasteiger partial charge in [-0.15, -0.1) is 10.2 Å². The first kappa shape index (κ1) is 22.8. The number of benzene rings is 2. The van der Waals surface area contributed by atoms with Crippen LogP contribution in [0.5, 0.6) is 0 Å². The van der Waals surface area contributed by atoms with Gasteiger partial charge in [-0.2, -0.15) is 0 Å². The van der Waals surface area contributed by atoms with Crippen LogP contribution in [0.3, 0.4) is 0 Å². The van der Waals surface area contributed by atoms with Gasteiger partial charge in [-0.3, -0.25) is 9.59 Å². The van der Waals surface area contributed by atoms with Gasteiger partial charge >= 0.3 is 0 Å². The third-order valence-electron chi connectivity index (χ3n) is 5.48. The molecular weight excluding hydrogens is 443 g/mol. The Morgan fingerprint density at radius 1 is 1.09 bits per heavy atom. The molecule has 0 aliphatic heterocycles. The Kier molecular flexibility index (Phi) is 7.23. The summed E-state index contributed by atoms with van der Waals surface area (Å²) < 4.78 is 14.4. The number of thioether (sulfide) groups is 1. The lowest BCUT2D eigenvalue weighted by Crippen LogP contribution is -2.33. The second-order valence-corrected chi connectivity index (χ2v) is 8.85. The number of nitrogen functional groups attached to an aromatic ring is 1. The van der Waals surface area contributed by atoms with Gasteiger partial charge in [-0.1, -0.05) is 48.9 Å². The standard InChI is InChI=1S/C23H25FN6O2S/c24-16-11-9-15(10-12-16)13-20-28-29-23(30(20)25)33-14-21(31)27-19-8-4-3-7-18(19)22(32)26-17-5-1-2-6-17/h3-4,7-12,17H,1-2,5-6,13-14,25H2,(H,26,32)(H,27,31). The molecule has 0 radical (unpaired) electrons. The predicted octanol–water partition coefficient (Wildman–Crippen LogP) is 3.13. The highest BCUT2D eigenvalue weighted by Crippen LogP contribution is 2.21. The van der Waals surface area contributed by atoms with Crippen molar-refractivity contribution in [1.29, 1.82) is 0 Å². The summed E-state index contributed by atoms with van der Waals surface area (Å²) in [6.45, 7) is 0. The number of rotatable bonds is 8. The molecule has 0 unspecified atom stereocenters. The molecule has 10 heteroatoms. The first-order valence-corrected chi connectivity index (χ1v) is 11.7. The topological polar surface area (TPSA) is 115 Å². The molecule has 0 saturated heterocycles. The molecular formula is C23H25FN6O2S. The summed E-state index contributed by atoms with van der Waals surface area (Å²) in [5.41, 5.74) is 1.74. The second kappa shape index (κ2) is 10.5. The maximum absolute atomic E-state index is 13.1. The summed E-state index contributed by atoms with van der Waals surface area (Å²) in [6.07, 6.45) is 4.61. The molecule has 0 spiro atoms. The number of carbonyl (C=O) groups excluding carboxylic acids is 2. The number of para-hydroxylation sites is 1. The monoisotopic (exact) mass is 468 g/mol. The minimum atomic E-state index is -0.312. The van der Waals surface area contributed by atoms with Crippen molar-refractivity contribution in [2.45, 2.75) is 43.3 Å². The van der Waals surface area contributed by atoms with E-state index in [0.717, 1.165) is 43.0 Å². The van der Waals surface area contributed by atoms with Gasteiger partial charge in [0, 0.05) is 12.5 Å². The molecule has 3 aromatic rings. The number of anilines is 1. The lowest BCUT2D eigenvalue weighted by Gasteiger charge is -2.15. The molecule has 33 heavy (non-hydrogen) atoms. The van der Waals surface area contributed by atoms with Crippen molar-refractivity contribution in [1.82, 2.24) is 20.2 Å². The number of carbonyl (C=O) groups is 2. The van der Waals surface area contributed by atoms with Crippen LogP contribution in [0.2, 0.25) is 0 Å². The first-order valence-electron chi connectivity index (χ1n) is 10.8. The molecule has 4 rings (SSSR count). The maximum atomic E-state index is 13.1. The summed E-state index contributed by atoms with van der Waals surface area (Å²) in [7, 11) is 0. The number of nitrogens with one attached hydrogen (secondary N) is 2. The Balaban J connectivity index is 1.34. The Morgan fingerprint density at radius 2 is 1.82 bits per heavy atom. The van der Waals surface area contributed by atoms with E-state index in [9.17, 15) is 14.0 Å². The molecule has 0 atom stereocenters. The van der Waals surface area contributed by atoms with Crippen molar-refractivity contribution in [3.63, 3.8) is 0 Å². The fraction of sp³-hybridized carbons (Fsp3) is 0.304. The zero-order chi connectivity index (χ0) is 23.2. The number of aromatic nitrogens is 3. The van der Waals surface area contributed by atoms with Crippen LogP contribution in [-0.2, 0) is 11.2 Å². The average Bonchev–Trinajstić information content (AvgIpc) is 3.44. The third-order valence-corrected chi connectivity index (χ3v) is 6.42. The van der Waals surface area contributed by atoms with Crippen LogP contribution < -0.4 is 16.5 Å². The van der Waals surface area contributed by atoms with Crippen molar-refractivity contribution in [3.8, 4) is 0 Å². The van der Waals surface area contributed by atoms with Crippen LogP contribution in [-0.4, -0.2) is 38.5 Å². The molecule has 2 aromatic carbocycles. The largest absolute Gasteiger partial charge is 0.349 e. The maximum Gasteiger partial charge on any atom is 0.253 e. The van der Waals surface area contributed by atoms with Gasteiger partial charge in [-0.05, 0) is 42.7 Å². The normalized spacial score (nSPS) is 13.7. The van der Waals surface area contributed by atoms with E-state index in [-0.39, 0.29) is 29.4 Å². The molecule has 1 saturated carbocycles. The second-order valence-electron chi connectivity index (χ2n) is 7.91. The molecule has 0 bridgehead atoms. The molecule has 1 aliphatic rings. The highest BCUT2D eigenvalue weighted by molar-refractivity contribution is 7.99. The number of amides is 2. The van der Waals surface area contributed by atoms with Gasteiger partial charge in [0.1, 0.15) is 5.82 Å². The molecule has 1 fully saturated rings. The van der Waals surface area contributed by atoms with Crippen molar-refractivity contribution in [2.24, 2.45) is 0 Å². The summed E-state index contributed by atoms with van der Waals surface area (Å²) in [6, 6.07) is 13.2. The van der Waals surface area contributed by atoms with Crippen LogP contribution in [0.4, 0.5) is 10.1 Å². The van der Waals surface area contributed by atoms with Crippen LogP contribution in [0.15, 0.2) is 53.7 Å². The van der Waals surface area contributed by atoms with Gasteiger partial charge in [0.2, 0.25) is 11.1 Å². The number of nitrogens with zero attached hydrogens (tertiary/aromatic N) is 3. The minimum absolute atomic E-state index is 0.0461. The quantitative estimate of drug-likeness (QED) is 0.346. The van der Waals surface area contributed by atoms with E-state index in [0.29, 0.717) is 28.7 Å². The zero-order valence-corrected chi connectivity index (χ0v) is 18.8. The molecule has 1 aromatic heterocycles. The molecule has 1 aliphatic carbocycles. The summed E-state index contributed by atoms with van der Waals surface area (Å²) in [4.78, 5) is 25.2. The van der Waals surface area contributed by atoms with Crippen molar-refractivity contribution >= 4 is 29.3 Å². The van der Waals surface area contributed by atoms with E-state index < -0.39 is 0 Å². The van der Waals surface area contributed by atoms with Crippen LogP contribution in [0, 0.1) is 5.82 Å². The minimum Gasteiger partial charge on any atom is -0.349 e. The van der Waals surface area contributed by atoms with E-state index >= 15 is 0 Å². The first-order chi connectivity index (χ1) is 16.0. The Labute approximate surface area is 195 Å². The van der Waals surface area contributed by atoms with Gasteiger partial charge < -0.3 is 16.5 Å². The van der Waals surface area contributed by atoms with Crippen molar-refractivity contribution in [2.75, 3.05) is 16.9 Å². The van der Waals surface area contributed by atoms with Crippen LogP contribution in [0.1, 0.15) is 47.4 Å². The van der Waals surface area contributed by atoms with E-state index in [1.54, 1.807) is 36.4 Å². The van der Waals surface area contributed by atoms with Gasteiger partial charge in [0.15, 0.2) is 5.82 Å². The fourth-order valence-electron chi connectivity index (χ4n) is 3.75. The summed E-state index contributed by atoms with van der Waals surface area (Å²) >= 11 is 1.14. The number of nitrogens with two attached hydrogens (primary N) is 1. The summed E-state index contributed by atoms with van der Waals surface area (Å²) in [5.74, 6) is 5.84. The van der Waals surface area contributed by atoms with E-state index in [4.69, 9.17) is 5.84 Å². The van der Waals surface area contributed by atoms with Crippen molar-refractivity contribution < 1.29 is 14.0 Å². The molecule has 2 amide bonds.